The second-order valence-corrected chi connectivity index (χ2v) is 3.59. The van der Waals surface area contributed by atoms with Gasteiger partial charge < -0.3 is 14.8 Å². The number of hydrogen-bond acceptors (Lipinski definition) is 3. The van der Waals surface area contributed by atoms with Crippen molar-refractivity contribution >= 4 is 6.09 Å². The van der Waals surface area contributed by atoms with Gasteiger partial charge in [0.2, 0.25) is 0 Å². The molecule has 0 atom stereocenters. The van der Waals surface area contributed by atoms with Crippen LogP contribution in [-0.2, 0) is 9.47 Å². The molecule has 1 amide bonds. The van der Waals surface area contributed by atoms with Gasteiger partial charge in [0, 0.05) is 13.2 Å². The standard InChI is InChI=1S/C10H21NO3/c1-5-13-9(12)11-8-7-10(3,4)14-6-2/h5-8H2,1-4H3,(H,11,12). The molecule has 0 aromatic heterocycles. The van der Waals surface area contributed by atoms with Crippen molar-refractivity contribution in [2.75, 3.05) is 19.8 Å². The molecule has 0 heterocycles. The molecule has 4 heteroatoms. The first-order valence-corrected chi connectivity index (χ1v) is 5.06. The zero-order chi connectivity index (χ0) is 11.0. The van der Waals surface area contributed by atoms with Gasteiger partial charge in [0.25, 0.3) is 0 Å². The Hall–Kier alpha value is -0.770. The summed E-state index contributed by atoms with van der Waals surface area (Å²) in [5, 5.41) is 2.66. The molecule has 0 unspecified atom stereocenters. The Kier molecular flexibility index (Phi) is 6.28. The predicted octanol–water partition coefficient (Wildman–Crippen LogP) is 1.94. The van der Waals surface area contributed by atoms with Gasteiger partial charge >= 0.3 is 6.09 Å². The van der Waals surface area contributed by atoms with E-state index in [1.807, 2.05) is 20.8 Å². The number of hydrogen-bond donors (Lipinski definition) is 1. The minimum Gasteiger partial charge on any atom is -0.450 e. The van der Waals surface area contributed by atoms with Crippen LogP contribution in [0.1, 0.15) is 34.1 Å². The summed E-state index contributed by atoms with van der Waals surface area (Å²) in [7, 11) is 0. The van der Waals surface area contributed by atoms with Crippen LogP contribution >= 0.6 is 0 Å². The number of rotatable bonds is 6. The largest absolute Gasteiger partial charge is 0.450 e. The molecular formula is C10H21NO3. The zero-order valence-electron chi connectivity index (χ0n) is 9.55. The highest BCUT2D eigenvalue weighted by Crippen LogP contribution is 2.12. The highest BCUT2D eigenvalue weighted by atomic mass is 16.5. The van der Waals surface area contributed by atoms with Gasteiger partial charge in [-0.1, -0.05) is 0 Å². The SMILES string of the molecule is CCOC(=O)NCCC(C)(C)OCC. The quantitative estimate of drug-likeness (QED) is 0.717. The van der Waals surface area contributed by atoms with Gasteiger partial charge in [0.05, 0.1) is 12.2 Å². The first-order chi connectivity index (χ1) is 6.52. The maximum absolute atomic E-state index is 10.9. The van der Waals surface area contributed by atoms with Crippen molar-refractivity contribution in [2.45, 2.75) is 39.7 Å². The molecule has 0 radical (unpaired) electrons. The van der Waals surface area contributed by atoms with Gasteiger partial charge in [-0.25, -0.2) is 4.79 Å². The van der Waals surface area contributed by atoms with E-state index in [0.29, 0.717) is 19.8 Å². The van der Waals surface area contributed by atoms with E-state index in [9.17, 15) is 4.79 Å². The van der Waals surface area contributed by atoms with E-state index in [2.05, 4.69) is 5.32 Å². The molecule has 0 aromatic rings. The molecule has 0 spiro atoms. The van der Waals surface area contributed by atoms with Crippen LogP contribution in [-0.4, -0.2) is 31.5 Å². The number of carbonyl (C=O) groups excluding carboxylic acids is 1. The lowest BCUT2D eigenvalue weighted by molar-refractivity contribution is -0.0154. The van der Waals surface area contributed by atoms with E-state index >= 15 is 0 Å². The van der Waals surface area contributed by atoms with Gasteiger partial charge in [0.1, 0.15) is 0 Å². The molecule has 0 fully saturated rings. The maximum Gasteiger partial charge on any atom is 0.407 e. The minimum absolute atomic E-state index is 0.186. The third-order valence-electron chi connectivity index (χ3n) is 1.81. The van der Waals surface area contributed by atoms with Crippen molar-refractivity contribution in [3.05, 3.63) is 0 Å². The molecule has 84 valence electrons. The maximum atomic E-state index is 10.9. The lowest BCUT2D eigenvalue weighted by Crippen LogP contribution is -2.33. The van der Waals surface area contributed by atoms with Crippen molar-refractivity contribution < 1.29 is 14.3 Å². The first-order valence-electron chi connectivity index (χ1n) is 5.06. The second-order valence-electron chi connectivity index (χ2n) is 3.59. The summed E-state index contributed by atoms with van der Waals surface area (Å²) in [6.45, 7) is 9.41. The van der Waals surface area contributed by atoms with Crippen LogP contribution in [0.5, 0.6) is 0 Å². The van der Waals surface area contributed by atoms with Gasteiger partial charge in [-0.3, -0.25) is 0 Å². The summed E-state index contributed by atoms with van der Waals surface area (Å²) in [4.78, 5) is 10.9. The normalized spacial score (nSPS) is 11.1. The number of alkyl carbamates (subject to hydrolysis) is 1. The molecule has 0 bridgehead atoms. The number of amides is 1. The average Bonchev–Trinajstić information content (AvgIpc) is 2.03. The van der Waals surface area contributed by atoms with Gasteiger partial charge in [0.15, 0.2) is 0 Å². The fraction of sp³-hybridized carbons (Fsp3) is 0.900. The summed E-state index contributed by atoms with van der Waals surface area (Å²) in [5.41, 5.74) is -0.186. The Bertz CT molecular complexity index is 169. The smallest absolute Gasteiger partial charge is 0.407 e. The van der Waals surface area contributed by atoms with Crippen LogP contribution in [0, 0.1) is 0 Å². The van der Waals surface area contributed by atoms with E-state index < -0.39 is 0 Å². The van der Waals surface area contributed by atoms with E-state index in [0.717, 1.165) is 6.42 Å². The molecule has 0 aliphatic carbocycles. The zero-order valence-corrected chi connectivity index (χ0v) is 9.55. The topological polar surface area (TPSA) is 47.6 Å². The van der Waals surface area contributed by atoms with Crippen LogP contribution in [0.3, 0.4) is 0 Å². The molecule has 0 saturated carbocycles. The van der Waals surface area contributed by atoms with Crippen LogP contribution in [0.2, 0.25) is 0 Å². The summed E-state index contributed by atoms with van der Waals surface area (Å²) >= 11 is 0. The van der Waals surface area contributed by atoms with Crippen molar-refractivity contribution in [1.29, 1.82) is 0 Å². The minimum atomic E-state index is -0.361. The van der Waals surface area contributed by atoms with Crippen LogP contribution in [0.25, 0.3) is 0 Å². The van der Waals surface area contributed by atoms with Gasteiger partial charge in [-0.15, -0.1) is 0 Å². The number of ether oxygens (including phenoxy) is 2. The summed E-state index contributed by atoms with van der Waals surface area (Å²) in [6.07, 6.45) is 0.416. The van der Waals surface area contributed by atoms with Crippen LogP contribution < -0.4 is 5.32 Å². The van der Waals surface area contributed by atoms with Crippen molar-refractivity contribution in [3.8, 4) is 0 Å². The Morgan fingerprint density at radius 3 is 2.43 bits per heavy atom. The first kappa shape index (κ1) is 13.2. The average molecular weight is 203 g/mol. The Morgan fingerprint density at radius 2 is 1.93 bits per heavy atom. The lowest BCUT2D eigenvalue weighted by atomic mass is 10.1. The molecule has 0 aliphatic rings. The molecular weight excluding hydrogens is 182 g/mol. The van der Waals surface area contributed by atoms with Crippen molar-refractivity contribution in [3.63, 3.8) is 0 Å². The summed E-state index contributed by atoms with van der Waals surface area (Å²) < 4.78 is 10.2. The molecule has 0 saturated heterocycles. The third kappa shape index (κ3) is 6.71. The number of carbonyl (C=O) groups is 1. The molecule has 4 nitrogen and oxygen atoms in total. The van der Waals surface area contributed by atoms with Crippen LogP contribution in [0.15, 0.2) is 0 Å². The lowest BCUT2D eigenvalue weighted by Gasteiger charge is -2.24. The Morgan fingerprint density at radius 1 is 1.29 bits per heavy atom. The van der Waals surface area contributed by atoms with Crippen LogP contribution in [0.4, 0.5) is 4.79 Å². The highest BCUT2D eigenvalue weighted by Gasteiger charge is 2.17. The van der Waals surface area contributed by atoms with Gasteiger partial charge in [-0.2, -0.15) is 0 Å². The Labute approximate surface area is 86.0 Å². The molecule has 0 rings (SSSR count). The van der Waals surface area contributed by atoms with E-state index in [1.165, 1.54) is 0 Å². The fourth-order valence-corrected chi connectivity index (χ4v) is 1.11. The van der Waals surface area contributed by atoms with Gasteiger partial charge in [-0.05, 0) is 34.1 Å². The summed E-state index contributed by atoms with van der Waals surface area (Å²) in [6, 6.07) is 0. The molecule has 14 heavy (non-hydrogen) atoms. The Balaban J connectivity index is 3.57. The predicted molar refractivity (Wildman–Crippen MR) is 55.3 cm³/mol. The number of nitrogens with one attached hydrogen (secondary N) is 1. The fourth-order valence-electron chi connectivity index (χ4n) is 1.11. The molecule has 0 aliphatic heterocycles. The molecule has 1 N–H and O–H groups in total. The monoisotopic (exact) mass is 203 g/mol. The second kappa shape index (κ2) is 6.65. The molecule has 0 aromatic carbocycles. The highest BCUT2D eigenvalue weighted by molar-refractivity contribution is 5.66. The van der Waals surface area contributed by atoms with E-state index in [-0.39, 0.29) is 11.7 Å². The third-order valence-corrected chi connectivity index (χ3v) is 1.81. The van der Waals surface area contributed by atoms with Crippen molar-refractivity contribution in [1.82, 2.24) is 5.32 Å². The summed E-state index contributed by atoms with van der Waals surface area (Å²) in [5.74, 6) is 0. The van der Waals surface area contributed by atoms with E-state index in [4.69, 9.17) is 9.47 Å². The van der Waals surface area contributed by atoms with Crippen molar-refractivity contribution in [2.24, 2.45) is 0 Å². The van der Waals surface area contributed by atoms with E-state index in [1.54, 1.807) is 6.92 Å².